The van der Waals surface area contributed by atoms with E-state index in [2.05, 4.69) is 4.98 Å². The van der Waals surface area contributed by atoms with Crippen molar-refractivity contribution in [2.75, 3.05) is 0 Å². The predicted molar refractivity (Wildman–Crippen MR) is 77.6 cm³/mol. The summed E-state index contributed by atoms with van der Waals surface area (Å²) < 4.78 is 9.84. The van der Waals surface area contributed by atoms with Crippen molar-refractivity contribution in [1.29, 1.82) is 0 Å². The molecule has 7 heteroatoms. The lowest BCUT2D eigenvalue weighted by molar-refractivity contribution is -0.385. The average Bonchev–Trinajstić information content (AvgIpc) is 2.44. The van der Waals surface area contributed by atoms with Crippen LogP contribution in [0.2, 0.25) is 0 Å². The highest BCUT2D eigenvalue weighted by molar-refractivity contribution is 5.66. The fraction of sp³-hybridized carbons (Fsp3) is 0.200. The molecular formula is C15H14N2O5. The Balaban J connectivity index is 2.00. The number of nitrogens with zero attached hydrogens (tertiary/aromatic N) is 2. The number of para-hydroxylation sites is 2. The highest BCUT2D eigenvalue weighted by Crippen LogP contribution is 2.26. The van der Waals surface area contributed by atoms with Gasteiger partial charge in [-0.2, -0.15) is 0 Å². The quantitative estimate of drug-likeness (QED) is 0.372. The number of aryl methyl sites for hydroxylation is 2. The summed E-state index contributed by atoms with van der Waals surface area (Å²) >= 11 is 0. The molecule has 114 valence electrons. The molecule has 0 amide bonds. The van der Waals surface area contributed by atoms with Crippen LogP contribution in [0, 0.1) is 24.0 Å². The second-order valence-electron chi connectivity index (χ2n) is 4.62. The van der Waals surface area contributed by atoms with Crippen LogP contribution in [0.4, 0.5) is 10.5 Å². The van der Waals surface area contributed by atoms with E-state index in [1.165, 1.54) is 24.3 Å². The van der Waals surface area contributed by atoms with Crippen molar-refractivity contribution < 1.29 is 19.2 Å². The molecule has 0 radical (unpaired) electrons. The number of aromatic nitrogens is 1. The number of nitro groups is 1. The first-order valence-electron chi connectivity index (χ1n) is 6.48. The number of rotatable bonds is 4. The first-order valence-corrected chi connectivity index (χ1v) is 6.48. The van der Waals surface area contributed by atoms with Gasteiger partial charge in [0.1, 0.15) is 6.61 Å². The van der Waals surface area contributed by atoms with Gasteiger partial charge < -0.3 is 9.47 Å². The molecule has 1 aromatic heterocycles. The summed E-state index contributed by atoms with van der Waals surface area (Å²) in [4.78, 5) is 26.1. The SMILES string of the molecule is Cc1cc(COC(=O)Oc2ccccc2[N+](=O)[O-])cc(C)n1. The van der Waals surface area contributed by atoms with E-state index in [1.54, 1.807) is 12.1 Å². The molecule has 0 atom stereocenters. The van der Waals surface area contributed by atoms with Gasteiger partial charge in [-0.15, -0.1) is 0 Å². The maximum absolute atomic E-state index is 11.6. The highest BCUT2D eigenvalue weighted by Gasteiger charge is 2.17. The van der Waals surface area contributed by atoms with E-state index in [9.17, 15) is 14.9 Å². The number of carbonyl (C=O) groups excluding carboxylic acids is 1. The molecule has 0 aliphatic heterocycles. The number of hydrogen-bond acceptors (Lipinski definition) is 6. The second-order valence-corrected chi connectivity index (χ2v) is 4.62. The first-order chi connectivity index (χ1) is 10.5. The van der Waals surface area contributed by atoms with E-state index in [-0.39, 0.29) is 18.0 Å². The lowest BCUT2D eigenvalue weighted by Crippen LogP contribution is -2.11. The van der Waals surface area contributed by atoms with Gasteiger partial charge >= 0.3 is 11.8 Å². The summed E-state index contributed by atoms with van der Waals surface area (Å²) in [6.45, 7) is 3.67. The average molecular weight is 302 g/mol. The Kier molecular flexibility index (Phi) is 4.67. The summed E-state index contributed by atoms with van der Waals surface area (Å²) in [7, 11) is 0. The molecule has 0 unspecified atom stereocenters. The molecular weight excluding hydrogens is 288 g/mol. The van der Waals surface area contributed by atoms with Gasteiger partial charge in [-0.1, -0.05) is 12.1 Å². The Labute approximate surface area is 126 Å². The predicted octanol–water partition coefficient (Wildman–Crippen LogP) is 3.32. The monoisotopic (exact) mass is 302 g/mol. The fourth-order valence-corrected chi connectivity index (χ4v) is 1.96. The zero-order chi connectivity index (χ0) is 16.1. The van der Waals surface area contributed by atoms with Crippen molar-refractivity contribution in [2.24, 2.45) is 0 Å². The van der Waals surface area contributed by atoms with Crippen molar-refractivity contribution >= 4 is 11.8 Å². The van der Waals surface area contributed by atoms with Crippen molar-refractivity contribution in [3.63, 3.8) is 0 Å². The van der Waals surface area contributed by atoms with E-state index in [0.717, 1.165) is 17.0 Å². The minimum absolute atomic E-state index is 0.00364. The number of benzene rings is 1. The van der Waals surface area contributed by atoms with Gasteiger partial charge in [0.25, 0.3) is 0 Å². The van der Waals surface area contributed by atoms with Crippen LogP contribution in [0.5, 0.6) is 5.75 Å². The Morgan fingerprint density at radius 1 is 1.23 bits per heavy atom. The van der Waals surface area contributed by atoms with Crippen LogP contribution in [-0.4, -0.2) is 16.1 Å². The number of nitro benzene ring substituents is 1. The summed E-state index contributed by atoms with van der Waals surface area (Å²) in [6, 6.07) is 9.17. The van der Waals surface area contributed by atoms with Crippen LogP contribution in [0.25, 0.3) is 0 Å². The van der Waals surface area contributed by atoms with Crippen molar-refractivity contribution in [3.8, 4) is 5.75 Å². The molecule has 1 heterocycles. The number of ether oxygens (including phenoxy) is 2. The molecule has 0 aliphatic rings. The standard InChI is InChI=1S/C15H14N2O5/c1-10-7-12(8-11(2)16-10)9-21-15(18)22-14-6-4-3-5-13(14)17(19)20/h3-8H,9H2,1-2H3. The zero-order valence-electron chi connectivity index (χ0n) is 12.1. The molecule has 22 heavy (non-hydrogen) atoms. The van der Waals surface area contributed by atoms with Gasteiger partial charge in [-0.05, 0) is 37.6 Å². The van der Waals surface area contributed by atoms with Gasteiger partial charge in [0, 0.05) is 17.5 Å². The lowest BCUT2D eigenvalue weighted by Gasteiger charge is -2.07. The Morgan fingerprint density at radius 2 is 1.86 bits per heavy atom. The Bertz CT molecular complexity index is 695. The molecule has 0 saturated carbocycles. The van der Waals surface area contributed by atoms with E-state index in [4.69, 9.17) is 9.47 Å². The largest absolute Gasteiger partial charge is 0.514 e. The molecule has 2 rings (SSSR count). The van der Waals surface area contributed by atoms with E-state index >= 15 is 0 Å². The maximum atomic E-state index is 11.6. The zero-order valence-corrected chi connectivity index (χ0v) is 12.1. The normalized spacial score (nSPS) is 10.1. The summed E-state index contributed by atoms with van der Waals surface area (Å²) in [6.07, 6.45) is -0.999. The van der Waals surface area contributed by atoms with Crippen LogP contribution in [0.15, 0.2) is 36.4 Å². The number of pyridine rings is 1. The topological polar surface area (TPSA) is 91.6 Å². The molecule has 1 aromatic carbocycles. The molecule has 2 aromatic rings. The highest BCUT2D eigenvalue weighted by atomic mass is 16.7. The third kappa shape index (κ3) is 4.02. The lowest BCUT2D eigenvalue weighted by atomic mass is 10.2. The molecule has 0 fully saturated rings. The summed E-state index contributed by atoms with van der Waals surface area (Å²) in [5, 5.41) is 10.8. The molecule has 0 saturated heterocycles. The van der Waals surface area contributed by atoms with Gasteiger partial charge in [0.05, 0.1) is 4.92 Å². The Hall–Kier alpha value is -2.96. The van der Waals surface area contributed by atoms with Crippen molar-refractivity contribution in [3.05, 3.63) is 63.5 Å². The summed E-state index contributed by atoms with van der Waals surface area (Å²) in [5.74, 6) is -0.153. The second kappa shape index (κ2) is 6.66. The third-order valence-electron chi connectivity index (χ3n) is 2.75. The smallest absolute Gasteiger partial charge is 0.429 e. The fourth-order valence-electron chi connectivity index (χ4n) is 1.96. The van der Waals surface area contributed by atoms with E-state index in [0.29, 0.717) is 0 Å². The molecule has 0 aliphatic carbocycles. The minimum atomic E-state index is -0.999. The molecule has 0 spiro atoms. The number of carbonyl (C=O) groups is 1. The molecule has 0 N–H and O–H groups in total. The van der Waals surface area contributed by atoms with Gasteiger partial charge in [0.2, 0.25) is 5.75 Å². The van der Waals surface area contributed by atoms with E-state index in [1.807, 2.05) is 13.8 Å². The van der Waals surface area contributed by atoms with Crippen LogP contribution in [0.3, 0.4) is 0 Å². The van der Waals surface area contributed by atoms with Crippen LogP contribution >= 0.6 is 0 Å². The van der Waals surface area contributed by atoms with Crippen LogP contribution in [-0.2, 0) is 11.3 Å². The summed E-state index contributed by atoms with van der Waals surface area (Å²) in [5.41, 5.74) is 2.09. The number of hydrogen-bond donors (Lipinski definition) is 0. The van der Waals surface area contributed by atoms with Gasteiger partial charge in [-0.3, -0.25) is 15.1 Å². The first kappa shape index (κ1) is 15.4. The molecule has 7 nitrogen and oxygen atoms in total. The van der Waals surface area contributed by atoms with Gasteiger partial charge in [-0.25, -0.2) is 4.79 Å². The van der Waals surface area contributed by atoms with Crippen molar-refractivity contribution in [1.82, 2.24) is 4.98 Å². The third-order valence-corrected chi connectivity index (χ3v) is 2.75. The molecule has 0 bridgehead atoms. The van der Waals surface area contributed by atoms with E-state index < -0.39 is 11.1 Å². The Morgan fingerprint density at radius 3 is 2.50 bits per heavy atom. The van der Waals surface area contributed by atoms with Crippen LogP contribution in [0.1, 0.15) is 17.0 Å². The van der Waals surface area contributed by atoms with Gasteiger partial charge in [0.15, 0.2) is 0 Å². The van der Waals surface area contributed by atoms with Crippen molar-refractivity contribution in [2.45, 2.75) is 20.5 Å². The maximum Gasteiger partial charge on any atom is 0.514 e. The van der Waals surface area contributed by atoms with Crippen LogP contribution < -0.4 is 4.74 Å². The minimum Gasteiger partial charge on any atom is -0.429 e.